The maximum Gasteiger partial charge on any atom is 0.263 e. The van der Waals surface area contributed by atoms with E-state index in [-0.39, 0.29) is 22.6 Å². The molecule has 2 heterocycles. The molecule has 25 heavy (non-hydrogen) atoms. The topological polar surface area (TPSA) is 52.0 Å². The van der Waals surface area contributed by atoms with Crippen LogP contribution in [0.5, 0.6) is 0 Å². The number of aromatic nitrogens is 2. The first-order chi connectivity index (χ1) is 11.9. The molecule has 0 N–H and O–H groups in total. The molecule has 0 amide bonds. The fraction of sp³-hybridized carbons (Fsp3) is 0.632. The second-order valence-electron chi connectivity index (χ2n) is 6.94. The number of thioether (sulfide) groups is 1. The predicted octanol–water partition coefficient (Wildman–Crippen LogP) is 4.77. The van der Waals surface area contributed by atoms with Gasteiger partial charge in [-0.1, -0.05) is 25.1 Å². The number of hydrogen-bond donors (Lipinski definition) is 0. The van der Waals surface area contributed by atoms with Crippen molar-refractivity contribution in [3.63, 3.8) is 0 Å². The predicted molar refractivity (Wildman–Crippen MR) is 106 cm³/mol. The molecule has 0 saturated carbocycles. The molecule has 0 bridgehead atoms. The van der Waals surface area contributed by atoms with Gasteiger partial charge in [0, 0.05) is 10.9 Å². The lowest BCUT2D eigenvalue weighted by Crippen LogP contribution is -2.27. The van der Waals surface area contributed by atoms with Crippen molar-refractivity contribution in [1.82, 2.24) is 9.55 Å². The summed E-state index contributed by atoms with van der Waals surface area (Å²) < 4.78 is 1.82. The largest absolute Gasteiger partial charge is 0.299 e. The molecule has 0 fully saturated rings. The standard InChI is InChI=1S/C19H26N2O2S2/c1-5-11(2)21-18(23)16-14-9-7-6-8-10-15(14)25-17(16)20-19(21)24-13(4)12(3)22/h11,13H,5-10H2,1-4H3. The number of carbonyl (C=O) groups excluding carboxylic acids is 1. The van der Waals surface area contributed by atoms with E-state index in [1.807, 2.05) is 11.5 Å². The second kappa shape index (κ2) is 7.62. The second-order valence-corrected chi connectivity index (χ2v) is 9.33. The molecule has 0 aliphatic heterocycles. The summed E-state index contributed by atoms with van der Waals surface area (Å²) in [5.74, 6) is 0.108. The lowest BCUT2D eigenvalue weighted by molar-refractivity contribution is -0.116. The van der Waals surface area contributed by atoms with Crippen molar-refractivity contribution in [2.24, 2.45) is 0 Å². The Labute approximate surface area is 157 Å². The van der Waals surface area contributed by atoms with Crippen molar-refractivity contribution in [3.05, 3.63) is 20.8 Å². The molecule has 2 atom stereocenters. The Hall–Kier alpha value is -1.14. The summed E-state index contributed by atoms with van der Waals surface area (Å²) in [6.45, 7) is 7.61. The van der Waals surface area contributed by atoms with E-state index in [1.54, 1.807) is 18.3 Å². The van der Waals surface area contributed by atoms with Crippen LogP contribution in [0.2, 0.25) is 0 Å². The average Bonchev–Trinajstić information content (AvgIpc) is 2.76. The van der Waals surface area contributed by atoms with Gasteiger partial charge in [-0.15, -0.1) is 11.3 Å². The van der Waals surface area contributed by atoms with Gasteiger partial charge in [0.25, 0.3) is 5.56 Å². The number of carbonyl (C=O) groups is 1. The van der Waals surface area contributed by atoms with Gasteiger partial charge in [0.05, 0.1) is 10.6 Å². The Morgan fingerprint density at radius 1 is 1.28 bits per heavy atom. The lowest BCUT2D eigenvalue weighted by atomic mass is 10.1. The first kappa shape index (κ1) is 18.6. The number of rotatable bonds is 5. The Morgan fingerprint density at radius 3 is 2.68 bits per heavy atom. The van der Waals surface area contributed by atoms with Crippen molar-refractivity contribution in [1.29, 1.82) is 0 Å². The van der Waals surface area contributed by atoms with E-state index in [1.165, 1.54) is 35.0 Å². The first-order valence-corrected chi connectivity index (χ1v) is 10.9. The fourth-order valence-corrected chi connectivity index (χ4v) is 5.58. The molecule has 0 saturated heterocycles. The van der Waals surface area contributed by atoms with Crippen molar-refractivity contribution in [2.45, 2.75) is 82.7 Å². The summed E-state index contributed by atoms with van der Waals surface area (Å²) in [5, 5.41) is 1.32. The molecule has 4 nitrogen and oxygen atoms in total. The van der Waals surface area contributed by atoms with E-state index in [0.717, 1.165) is 35.9 Å². The number of aryl methyl sites for hydroxylation is 2. The number of ketones is 1. The molecule has 136 valence electrons. The van der Waals surface area contributed by atoms with Crippen molar-refractivity contribution >= 4 is 39.1 Å². The number of hydrogen-bond acceptors (Lipinski definition) is 5. The number of nitrogens with zero attached hydrogens (tertiary/aromatic N) is 2. The molecule has 1 aliphatic rings. The molecule has 0 radical (unpaired) electrons. The Balaban J connectivity index is 2.22. The molecule has 2 aromatic heterocycles. The number of Topliss-reactive ketones (excluding diaryl/α,β-unsaturated/α-hetero) is 1. The van der Waals surface area contributed by atoms with Crippen LogP contribution in [-0.2, 0) is 17.6 Å². The van der Waals surface area contributed by atoms with E-state index in [4.69, 9.17) is 4.98 Å². The van der Waals surface area contributed by atoms with E-state index in [9.17, 15) is 9.59 Å². The molecular weight excluding hydrogens is 352 g/mol. The van der Waals surface area contributed by atoms with Gasteiger partial charge in [-0.25, -0.2) is 4.98 Å². The maximum absolute atomic E-state index is 13.4. The number of fused-ring (bicyclic) bond motifs is 3. The van der Waals surface area contributed by atoms with Gasteiger partial charge in [0.1, 0.15) is 10.6 Å². The third-order valence-corrected chi connectivity index (χ3v) is 7.49. The highest BCUT2D eigenvalue weighted by Crippen LogP contribution is 2.35. The molecule has 1 aliphatic carbocycles. The van der Waals surface area contributed by atoms with Crippen LogP contribution < -0.4 is 5.56 Å². The molecule has 2 aromatic rings. The van der Waals surface area contributed by atoms with Gasteiger partial charge in [0.15, 0.2) is 5.16 Å². The van der Waals surface area contributed by atoms with Crippen LogP contribution in [0, 0.1) is 0 Å². The summed E-state index contributed by atoms with van der Waals surface area (Å²) in [6, 6.07) is 0.0763. The highest BCUT2D eigenvalue weighted by Gasteiger charge is 2.24. The number of thiophene rings is 1. The maximum atomic E-state index is 13.4. The minimum atomic E-state index is -0.197. The minimum Gasteiger partial charge on any atom is -0.299 e. The Bertz CT molecular complexity index is 853. The van der Waals surface area contributed by atoms with Crippen molar-refractivity contribution in [2.75, 3.05) is 0 Å². The van der Waals surface area contributed by atoms with Crippen LogP contribution in [0.4, 0.5) is 0 Å². The lowest BCUT2D eigenvalue weighted by Gasteiger charge is -2.19. The third-order valence-electron chi connectivity index (χ3n) is 5.12. The van der Waals surface area contributed by atoms with E-state index < -0.39 is 0 Å². The SMILES string of the molecule is CCC(C)n1c(SC(C)C(C)=O)nc2sc3c(c2c1=O)CCCCC3. The van der Waals surface area contributed by atoms with E-state index in [0.29, 0.717) is 5.16 Å². The van der Waals surface area contributed by atoms with Crippen LogP contribution in [0.3, 0.4) is 0 Å². The highest BCUT2D eigenvalue weighted by atomic mass is 32.2. The quantitative estimate of drug-likeness (QED) is 0.427. The smallest absolute Gasteiger partial charge is 0.263 e. The van der Waals surface area contributed by atoms with Crippen molar-refractivity contribution < 1.29 is 4.79 Å². The zero-order valence-electron chi connectivity index (χ0n) is 15.4. The molecule has 6 heteroatoms. The highest BCUT2D eigenvalue weighted by molar-refractivity contribution is 8.00. The van der Waals surface area contributed by atoms with Crippen LogP contribution >= 0.6 is 23.1 Å². The van der Waals surface area contributed by atoms with Gasteiger partial charge in [-0.2, -0.15) is 0 Å². The summed E-state index contributed by atoms with van der Waals surface area (Å²) in [6.07, 6.45) is 6.50. The first-order valence-electron chi connectivity index (χ1n) is 9.17. The molecule has 0 aromatic carbocycles. The van der Waals surface area contributed by atoms with Gasteiger partial charge in [-0.05, 0) is 58.4 Å². The normalized spacial score (nSPS) is 17.1. The van der Waals surface area contributed by atoms with Crippen LogP contribution in [-0.4, -0.2) is 20.6 Å². The monoisotopic (exact) mass is 378 g/mol. The summed E-state index contributed by atoms with van der Waals surface area (Å²) in [7, 11) is 0. The average molecular weight is 379 g/mol. The molecular formula is C19H26N2O2S2. The van der Waals surface area contributed by atoms with Gasteiger partial charge < -0.3 is 0 Å². The third kappa shape index (κ3) is 3.56. The molecule has 2 unspecified atom stereocenters. The van der Waals surface area contributed by atoms with Crippen molar-refractivity contribution in [3.8, 4) is 0 Å². The van der Waals surface area contributed by atoms with Gasteiger partial charge >= 0.3 is 0 Å². The van der Waals surface area contributed by atoms with E-state index in [2.05, 4.69) is 13.8 Å². The molecule has 3 rings (SSSR count). The minimum absolute atomic E-state index is 0.0763. The van der Waals surface area contributed by atoms with Crippen LogP contribution in [0.1, 0.15) is 69.9 Å². The summed E-state index contributed by atoms with van der Waals surface area (Å²) in [4.78, 5) is 32.1. The Kier molecular flexibility index (Phi) is 5.68. The van der Waals surface area contributed by atoms with Gasteiger partial charge in [-0.3, -0.25) is 14.2 Å². The van der Waals surface area contributed by atoms with Gasteiger partial charge in [0.2, 0.25) is 0 Å². The van der Waals surface area contributed by atoms with E-state index >= 15 is 0 Å². The summed E-state index contributed by atoms with van der Waals surface area (Å²) >= 11 is 3.09. The summed E-state index contributed by atoms with van der Waals surface area (Å²) in [5.41, 5.74) is 1.32. The fourth-order valence-electron chi connectivity index (χ4n) is 3.27. The zero-order valence-corrected chi connectivity index (χ0v) is 17.1. The zero-order chi connectivity index (χ0) is 18.1. The van der Waals surface area contributed by atoms with Crippen LogP contribution in [0.15, 0.2) is 9.95 Å². The van der Waals surface area contributed by atoms with Crippen LogP contribution in [0.25, 0.3) is 10.2 Å². The Morgan fingerprint density at radius 2 is 2.00 bits per heavy atom. The molecule has 0 spiro atoms.